The molecule has 0 aromatic heterocycles. The number of carbonyl (C=O) groups is 2. The summed E-state index contributed by atoms with van der Waals surface area (Å²) in [7, 11) is -3.26. The Balaban J connectivity index is 1.76. The van der Waals surface area contributed by atoms with Gasteiger partial charge in [0.05, 0.1) is 10.9 Å². The highest BCUT2D eigenvalue weighted by Gasteiger charge is 2.33. The number of sulfone groups is 1. The second kappa shape index (κ2) is 7.75. The van der Waals surface area contributed by atoms with Gasteiger partial charge < -0.3 is 10.2 Å². The van der Waals surface area contributed by atoms with Crippen molar-refractivity contribution in [3.05, 3.63) is 65.2 Å². The lowest BCUT2D eigenvalue weighted by Crippen LogP contribution is -2.52. The molecule has 2 aromatic rings. The summed E-state index contributed by atoms with van der Waals surface area (Å²) in [5.74, 6) is -0.357. The Bertz CT molecular complexity index is 999. The Morgan fingerprint density at radius 2 is 1.68 bits per heavy atom. The third-order valence-corrected chi connectivity index (χ3v) is 6.25. The fourth-order valence-electron chi connectivity index (χ4n) is 3.48. The number of carbonyl (C=O) groups excluding carboxylic acids is 2. The number of hydrogen-bond donors (Lipinski definition) is 1. The average Bonchev–Trinajstić information content (AvgIpc) is 2.66. The molecule has 0 bridgehead atoms. The molecule has 0 fully saturated rings. The van der Waals surface area contributed by atoms with Crippen molar-refractivity contribution in [2.24, 2.45) is 0 Å². The van der Waals surface area contributed by atoms with Crippen LogP contribution in [0.2, 0.25) is 0 Å². The van der Waals surface area contributed by atoms with Crippen LogP contribution in [0.1, 0.15) is 36.6 Å². The molecule has 148 valence electrons. The highest BCUT2D eigenvalue weighted by atomic mass is 32.2. The third kappa shape index (κ3) is 4.25. The predicted molar refractivity (Wildman–Crippen MR) is 106 cm³/mol. The fourth-order valence-corrected chi connectivity index (χ4v) is 4.12. The van der Waals surface area contributed by atoms with E-state index in [1.54, 1.807) is 17.0 Å². The quantitative estimate of drug-likeness (QED) is 0.853. The molecule has 1 heterocycles. The first-order valence-corrected chi connectivity index (χ1v) is 11.0. The fraction of sp³-hybridized carbons (Fsp3) is 0.333. The van der Waals surface area contributed by atoms with Crippen molar-refractivity contribution < 1.29 is 18.0 Å². The van der Waals surface area contributed by atoms with E-state index in [0.29, 0.717) is 13.0 Å². The molecule has 0 spiro atoms. The van der Waals surface area contributed by atoms with E-state index in [1.807, 2.05) is 31.2 Å². The van der Waals surface area contributed by atoms with Crippen LogP contribution in [0.3, 0.4) is 0 Å². The van der Waals surface area contributed by atoms with Crippen LogP contribution in [0.4, 0.5) is 0 Å². The van der Waals surface area contributed by atoms with Crippen LogP contribution in [-0.4, -0.2) is 37.4 Å². The van der Waals surface area contributed by atoms with E-state index < -0.39 is 15.9 Å². The van der Waals surface area contributed by atoms with Gasteiger partial charge in [-0.15, -0.1) is 0 Å². The number of fused-ring (bicyclic) bond motifs is 1. The van der Waals surface area contributed by atoms with E-state index in [4.69, 9.17) is 0 Å². The maximum Gasteiger partial charge on any atom is 0.243 e. The van der Waals surface area contributed by atoms with E-state index in [2.05, 4.69) is 5.32 Å². The van der Waals surface area contributed by atoms with Crippen LogP contribution >= 0.6 is 0 Å². The third-order valence-electron chi connectivity index (χ3n) is 5.12. The predicted octanol–water partition coefficient (Wildman–Crippen LogP) is 2.24. The molecule has 2 amide bonds. The molecule has 1 N–H and O–H groups in total. The molecule has 2 aromatic carbocycles. The minimum atomic E-state index is -3.26. The van der Waals surface area contributed by atoms with Crippen molar-refractivity contribution >= 4 is 21.7 Å². The molecule has 2 atom stereocenters. The summed E-state index contributed by atoms with van der Waals surface area (Å²) in [5, 5.41) is 2.96. The highest BCUT2D eigenvalue weighted by Crippen LogP contribution is 2.24. The molecule has 0 saturated carbocycles. The Kier molecular flexibility index (Phi) is 5.56. The van der Waals surface area contributed by atoms with Crippen molar-refractivity contribution in [3.63, 3.8) is 0 Å². The number of nitrogens with one attached hydrogen (secondary N) is 1. The van der Waals surface area contributed by atoms with Gasteiger partial charge in [-0.25, -0.2) is 8.42 Å². The Morgan fingerprint density at radius 1 is 1.07 bits per heavy atom. The Morgan fingerprint density at radius 3 is 2.25 bits per heavy atom. The molecule has 7 heteroatoms. The maximum absolute atomic E-state index is 12.9. The zero-order valence-corrected chi connectivity index (χ0v) is 17.0. The second-order valence-electron chi connectivity index (χ2n) is 7.21. The second-order valence-corrected chi connectivity index (χ2v) is 9.22. The molecule has 28 heavy (non-hydrogen) atoms. The first kappa shape index (κ1) is 20.1. The minimum Gasteiger partial charge on any atom is -0.348 e. The Hall–Kier alpha value is -2.67. The highest BCUT2D eigenvalue weighted by molar-refractivity contribution is 7.90. The summed E-state index contributed by atoms with van der Waals surface area (Å²) >= 11 is 0. The van der Waals surface area contributed by atoms with Crippen LogP contribution in [0.5, 0.6) is 0 Å². The van der Waals surface area contributed by atoms with Gasteiger partial charge >= 0.3 is 0 Å². The lowest BCUT2D eigenvalue weighted by Gasteiger charge is -2.36. The van der Waals surface area contributed by atoms with Gasteiger partial charge in [0, 0.05) is 26.1 Å². The molecule has 1 aliphatic heterocycles. The van der Waals surface area contributed by atoms with Crippen molar-refractivity contribution in [2.45, 2.75) is 43.8 Å². The number of hydrogen-bond acceptors (Lipinski definition) is 4. The molecule has 0 aliphatic carbocycles. The topological polar surface area (TPSA) is 83.6 Å². The largest absolute Gasteiger partial charge is 0.348 e. The van der Waals surface area contributed by atoms with Crippen LogP contribution < -0.4 is 5.32 Å². The summed E-state index contributed by atoms with van der Waals surface area (Å²) < 4.78 is 23.2. The first-order valence-electron chi connectivity index (χ1n) is 9.11. The van der Waals surface area contributed by atoms with E-state index in [-0.39, 0.29) is 22.8 Å². The molecule has 3 rings (SSSR count). The maximum atomic E-state index is 12.9. The van der Waals surface area contributed by atoms with E-state index in [0.717, 1.165) is 22.9 Å². The summed E-state index contributed by atoms with van der Waals surface area (Å²) in [6.45, 7) is 3.73. The summed E-state index contributed by atoms with van der Waals surface area (Å²) in [4.78, 5) is 26.9. The standard InChI is InChI=1S/C21H24N2O4S/c1-14(16-8-10-19(11-9-16)28(3,26)27)22-21(25)20-12-17-6-4-5-7-18(17)13-23(20)15(2)24/h4-11,14,20H,12-13H2,1-3H3,(H,22,25)/t14-,20-/m1/s1. The van der Waals surface area contributed by atoms with Gasteiger partial charge in [-0.05, 0) is 35.7 Å². The van der Waals surface area contributed by atoms with Crippen LogP contribution in [0, 0.1) is 0 Å². The van der Waals surface area contributed by atoms with E-state index in [9.17, 15) is 18.0 Å². The minimum absolute atomic E-state index is 0.139. The number of benzene rings is 2. The number of rotatable bonds is 4. The lowest BCUT2D eigenvalue weighted by molar-refractivity contribution is -0.140. The first-order chi connectivity index (χ1) is 13.2. The molecule has 0 radical (unpaired) electrons. The zero-order chi connectivity index (χ0) is 20.5. The Labute approximate surface area is 165 Å². The van der Waals surface area contributed by atoms with Gasteiger partial charge in [-0.3, -0.25) is 9.59 Å². The number of amides is 2. The molecular formula is C21H24N2O4S. The summed E-state index contributed by atoms with van der Waals surface area (Å²) in [6, 6.07) is 13.4. The molecule has 0 saturated heterocycles. The smallest absolute Gasteiger partial charge is 0.243 e. The van der Waals surface area contributed by atoms with E-state index in [1.165, 1.54) is 19.1 Å². The van der Waals surface area contributed by atoms with Crippen LogP contribution in [-0.2, 0) is 32.4 Å². The monoisotopic (exact) mass is 400 g/mol. The van der Waals surface area contributed by atoms with Gasteiger partial charge in [0.25, 0.3) is 0 Å². The van der Waals surface area contributed by atoms with E-state index >= 15 is 0 Å². The molecule has 0 unspecified atom stereocenters. The van der Waals surface area contributed by atoms with Gasteiger partial charge in [-0.2, -0.15) is 0 Å². The van der Waals surface area contributed by atoms with Crippen molar-refractivity contribution in [1.82, 2.24) is 10.2 Å². The van der Waals surface area contributed by atoms with Crippen molar-refractivity contribution in [2.75, 3.05) is 6.26 Å². The van der Waals surface area contributed by atoms with Gasteiger partial charge in [0.2, 0.25) is 11.8 Å². The summed E-state index contributed by atoms with van der Waals surface area (Å²) in [6.07, 6.45) is 1.63. The molecule has 1 aliphatic rings. The van der Waals surface area contributed by atoms with Crippen LogP contribution in [0.15, 0.2) is 53.4 Å². The normalized spacial score (nSPS) is 17.5. The molecule has 6 nitrogen and oxygen atoms in total. The van der Waals surface area contributed by atoms with Gasteiger partial charge in [-0.1, -0.05) is 36.4 Å². The van der Waals surface area contributed by atoms with Gasteiger partial charge in [0.15, 0.2) is 9.84 Å². The average molecular weight is 401 g/mol. The van der Waals surface area contributed by atoms with Crippen molar-refractivity contribution in [1.29, 1.82) is 0 Å². The summed E-state index contributed by atoms with van der Waals surface area (Å²) in [5.41, 5.74) is 2.93. The number of nitrogens with zero attached hydrogens (tertiary/aromatic N) is 1. The lowest BCUT2D eigenvalue weighted by atomic mass is 9.93. The molecular weight excluding hydrogens is 376 g/mol. The zero-order valence-electron chi connectivity index (χ0n) is 16.2. The van der Waals surface area contributed by atoms with Crippen LogP contribution in [0.25, 0.3) is 0 Å². The van der Waals surface area contributed by atoms with Crippen molar-refractivity contribution in [3.8, 4) is 0 Å². The SMILES string of the molecule is CC(=O)N1Cc2ccccc2C[C@@H]1C(=O)N[C@H](C)c1ccc(S(C)(=O)=O)cc1. The van der Waals surface area contributed by atoms with Gasteiger partial charge in [0.1, 0.15) is 6.04 Å².